The number of aromatic nitrogens is 1. The van der Waals surface area contributed by atoms with E-state index in [1.807, 2.05) is 0 Å². The quantitative estimate of drug-likeness (QED) is 0.263. The molecule has 40 heavy (non-hydrogen) atoms. The summed E-state index contributed by atoms with van der Waals surface area (Å²) in [7, 11) is 0. The molecule has 2 N–H and O–H groups in total. The number of carbonyl (C=O) groups excluding carboxylic acids is 1. The number of aliphatic carboxylic acids is 1. The molecule has 1 heterocycles. The Morgan fingerprint density at radius 3 is 2.27 bits per heavy atom. The number of benzene rings is 2. The van der Waals surface area contributed by atoms with E-state index in [1.54, 1.807) is 18.2 Å². The number of hydrogen-bond donors (Lipinski definition) is 2. The second kappa shape index (κ2) is 12.0. The molecule has 3 aromatic rings. The summed E-state index contributed by atoms with van der Waals surface area (Å²) in [4.78, 5) is 27.6. The number of ether oxygens (including phenoxy) is 2. The monoisotopic (exact) mass is 594 g/mol. The fraction of sp³-hybridized carbons (Fsp3) is 0.240. The SMILES string of the molecule is O=C(NC(Cc1ccccc1)(c1cc(F)cc(OC(F)(F)C(F)F)c1)c1ccc(Cl)cn1)OCC(F)(F)C(=O)O. The number of hydrogen-bond acceptors (Lipinski definition) is 5. The molecule has 0 aliphatic rings. The molecule has 0 bridgehead atoms. The number of nitrogens with one attached hydrogen (secondary N) is 1. The summed E-state index contributed by atoms with van der Waals surface area (Å²) in [5.41, 5.74) is -2.28. The van der Waals surface area contributed by atoms with E-state index < -0.39 is 59.8 Å². The van der Waals surface area contributed by atoms with Crippen LogP contribution in [0.3, 0.4) is 0 Å². The van der Waals surface area contributed by atoms with Crippen LogP contribution in [0.15, 0.2) is 66.9 Å². The van der Waals surface area contributed by atoms with Gasteiger partial charge >= 0.3 is 30.5 Å². The van der Waals surface area contributed by atoms with Crippen molar-refractivity contribution in [3.8, 4) is 5.75 Å². The molecular formula is C25H18ClF7N2O5. The molecule has 0 saturated heterocycles. The predicted octanol–water partition coefficient (Wildman–Crippen LogP) is 6.04. The normalized spacial score (nSPS) is 13.4. The number of nitrogens with zero attached hydrogens (tertiary/aromatic N) is 1. The van der Waals surface area contributed by atoms with Gasteiger partial charge in [0, 0.05) is 18.7 Å². The Hall–Kier alpha value is -4.07. The van der Waals surface area contributed by atoms with Crippen LogP contribution >= 0.6 is 11.6 Å². The number of rotatable bonds is 11. The van der Waals surface area contributed by atoms with Gasteiger partial charge in [0.15, 0.2) is 6.61 Å². The molecular weight excluding hydrogens is 577 g/mol. The zero-order chi connectivity index (χ0) is 29.7. The molecule has 214 valence electrons. The first-order valence-corrected chi connectivity index (χ1v) is 11.4. The van der Waals surface area contributed by atoms with Gasteiger partial charge in [0.25, 0.3) is 0 Å². The van der Waals surface area contributed by atoms with Crippen molar-refractivity contribution >= 4 is 23.7 Å². The van der Waals surface area contributed by atoms with Crippen molar-refractivity contribution in [3.63, 3.8) is 0 Å². The van der Waals surface area contributed by atoms with Crippen molar-refractivity contribution in [1.82, 2.24) is 10.3 Å². The maximum absolute atomic E-state index is 14.7. The molecule has 0 spiro atoms. The number of carboxylic acid groups (broad SMARTS) is 1. The molecule has 1 unspecified atom stereocenters. The fourth-order valence-electron chi connectivity index (χ4n) is 3.55. The Balaban J connectivity index is 2.20. The Labute approximate surface area is 226 Å². The summed E-state index contributed by atoms with van der Waals surface area (Å²) >= 11 is 5.91. The molecule has 0 fully saturated rings. The molecule has 0 saturated carbocycles. The van der Waals surface area contributed by atoms with Crippen LogP contribution in [0.2, 0.25) is 5.02 Å². The van der Waals surface area contributed by atoms with Crippen molar-refractivity contribution in [2.75, 3.05) is 6.61 Å². The highest BCUT2D eigenvalue weighted by atomic mass is 35.5. The lowest BCUT2D eigenvalue weighted by atomic mass is 9.80. The topological polar surface area (TPSA) is 97.8 Å². The average Bonchev–Trinajstić information content (AvgIpc) is 2.87. The highest BCUT2D eigenvalue weighted by Gasteiger charge is 2.46. The van der Waals surface area contributed by atoms with Gasteiger partial charge in [-0.25, -0.2) is 14.0 Å². The van der Waals surface area contributed by atoms with Crippen molar-refractivity contribution in [2.24, 2.45) is 0 Å². The number of halogens is 8. The lowest BCUT2D eigenvalue weighted by molar-refractivity contribution is -0.253. The highest BCUT2D eigenvalue weighted by molar-refractivity contribution is 6.30. The van der Waals surface area contributed by atoms with Crippen molar-refractivity contribution in [1.29, 1.82) is 0 Å². The Morgan fingerprint density at radius 1 is 1.02 bits per heavy atom. The predicted molar refractivity (Wildman–Crippen MR) is 125 cm³/mol. The van der Waals surface area contributed by atoms with Crippen LogP contribution in [0.25, 0.3) is 0 Å². The van der Waals surface area contributed by atoms with Crippen molar-refractivity contribution in [3.05, 3.63) is 94.5 Å². The summed E-state index contributed by atoms with van der Waals surface area (Å²) in [5.74, 6) is -9.39. The molecule has 1 amide bonds. The molecule has 2 aromatic carbocycles. The maximum Gasteiger partial charge on any atom is 0.461 e. The van der Waals surface area contributed by atoms with Crippen LogP contribution < -0.4 is 10.1 Å². The summed E-state index contributed by atoms with van der Waals surface area (Å²) in [6, 6.07) is 12.2. The van der Waals surface area contributed by atoms with Gasteiger partial charge in [-0.3, -0.25) is 4.98 Å². The molecule has 1 aromatic heterocycles. The third kappa shape index (κ3) is 7.31. The van der Waals surface area contributed by atoms with Crippen LogP contribution in [-0.4, -0.2) is 47.2 Å². The molecule has 0 radical (unpaired) electrons. The van der Waals surface area contributed by atoms with Crippen molar-refractivity contribution < 1.29 is 54.9 Å². The summed E-state index contributed by atoms with van der Waals surface area (Å²) in [6.45, 7) is -1.90. The number of alkyl halides is 6. The van der Waals surface area contributed by atoms with Crippen LogP contribution in [0.4, 0.5) is 35.5 Å². The molecule has 15 heteroatoms. The van der Waals surface area contributed by atoms with Crippen LogP contribution in [0.5, 0.6) is 5.75 Å². The zero-order valence-corrected chi connectivity index (χ0v) is 20.6. The highest BCUT2D eigenvalue weighted by Crippen LogP contribution is 2.37. The summed E-state index contributed by atoms with van der Waals surface area (Å²) in [5, 5.41) is 10.9. The molecule has 3 rings (SSSR count). The average molecular weight is 595 g/mol. The number of alkyl carbamates (subject to hydrolysis) is 1. The smallest absolute Gasteiger partial charge is 0.461 e. The minimum atomic E-state index is -5.03. The number of carbonyl (C=O) groups is 2. The second-order valence-electron chi connectivity index (χ2n) is 8.28. The number of carboxylic acids is 1. The van der Waals surface area contributed by atoms with Gasteiger partial charge in [0.05, 0.1) is 10.7 Å². The van der Waals surface area contributed by atoms with Gasteiger partial charge in [-0.15, -0.1) is 0 Å². The summed E-state index contributed by atoms with van der Waals surface area (Å²) < 4.78 is 103. The Kier molecular flexibility index (Phi) is 9.13. The maximum atomic E-state index is 14.7. The number of pyridine rings is 1. The minimum absolute atomic E-state index is 0.0980. The van der Waals surface area contributed by atoms with Crippen LogP contribution in [0, 0.1) is 5.82 Å². The number of amides is 1. The van der Waals surface area contributed by atoms with Gasteiger partial charge in [0.1, 0.15) is 17.1 Å². The lowest BCUT2D eigenvalue weighted by Gasteiger charge is -2.35. The molecule has 0 aliphatic carbocycles. The van der Waals surface area contributed by atoms with E-state index in [-0.39, 0.29) is 17.1 Å². The largest absolute Gasteiger partial charge is 0.477 e. The van der Waals surface area contributed by atoms with Gasteiger partial charge in [-0.05, 0) is 35.4 Å². The third-order valence-electron chi connectivity index (χ3n) is 5.36. The first kappa shape index (κ1) is 30.5. The van der Waals surface area contributed by atoms with E-state index in [0.717, 1.165) is 12.3 Å². The van der Waals surface area contributed by atoms with Crippen molar-refractivity contribution in [2.45, 2.75) is 30.4 Å². The first-order chi connectivity index (χ1) is 18.6. The van der Waals surface area contributed by atoms with Crippen LogP contribution in [0.1, 0.15) is 16.8 Å². The lowest BCUT2D eigenvalue weighted by Crippen LogP contribution is -2.50. The summed E-state index contributed by atoms with van der Waals surface area (Å²) in [6.07, 6.45) is -10.2. The van der Waals surface area contributed by atoms with Gasteiger partial charge in [-0.2, -0.15) is 26.3 Å². The van der Waals surface area contributed by atoms with E-state index in [4.69, 9.17) is 16.7 Å². The minimum Gasteiger partial charge on any atom is -0.477 e. The van der Waals surface area contributed by atoms with Gasteiger partial charge < -0.3 is 19.9 Å². The van der Waals surface area contributed by atoms with E-state index in [2.05, 4.69) is 19.8 Å². The molecule has 1 atom stereocenters. The molecule has 0 aliphatic heterocycles. The fourth-order valence-corrected chi connectivity index (χ4v) is 3.66. The third-order valence-corrected chi connectivity index (χ3v) is 5.59. The zero-order valence-electron chi connectivity index (χ0n) is 19.9. The van der Waals surface area contributed by atoms with Crippen LogP contribution in [-0.2, 0) is 21.5 Å². The van der Waals surface area contributed by atoms with E-state index in [1.165, 1.54) is 24.3 Å². The Bertz CT molecular complexity index is 1350. The standard InChI is InChI=1S/C25H18ClF7N2O5/c26-16-6-7-19(34-12-16)23(11-14-4-2-1-3-5-14,35-22(38)39-13-24(30,31)21(36)37)15-8-17(27)10-18(9-15)40-25(32,33)20(28)29/h1-10,12,20H,11,13H2,(H,35,38)(H,36,37). The van der Waals surface area contributed by atoms with Gasteiger partial charge in [-0.1, -0.05) is 41.9 Å². The Morgan fingerprint density at radius 2 is 1.70 bits per heavy atom. The van der Waals surface area contributed by atoms with Gasteiger partial charge in [0.2, 0.25) is 0 Å². The van der Waals surface area contributed by atoms with E-state index >= 15 is 0 Å². The van der Waals surface area contributed by atoms with E-state index in [9.17, 15) is 40.3 Å². The second-order valence-corrected chi connectivity index (χ2v) is 8.72. The first-order valence-electron chi connectivity index (χ1n) is 11.0. The molecule has 7 nitrogen and oxygen atoms in total. The van der Waals surface area contributed by atoms with E-state index in [0.29, 0.717) is 17.7 Å².